The number of pyridine rings is 1. The van der Waals surface area contributed by atoms with E-state index in [4.69, 9.17) is 0 Å². The lowest BCUT2D eigenvalue weighted by molar-refractivity contribution is 0.0339. The Kier molecular flexibility index (Phi) is 5.63. The summed E-state index contributed by atoms with van der Waals surface area (Å²) in [5, 5.41) is 5.72. The zero-order valence-corrected chi connectivity index (χ0v) is 17.3. The maximum absolute atomic E-state index is 13.4. The SMILES string of the molecule is CN(F)C(=O)c1ccccc1Sc1ccc2c(/C=C/c3ccccn3)nn(C)c2c1. The molecule has 150 valence electrons. The third kappa shape index (κ3) is 4.11. The molecule has 0 saturated carbocycles. The molecule has 0 spiro atoms. The number of benzene rings is 2. The van der Waals surface area contributed by atoms with Crippen molar-refractivity contribution in [1.29, 1.82) is 0 Å². The molecule has 7 heteroatoms. The quantitative estimate of drug-likeness (QED) is 0.416. The van der Waals surface area contributed by atoms with Crippen molar-refractivity contribution in [2.45, 2.75) is 9.79 Å². The fourth-order valence-electron chi connectivity index (χ4n) is 3.12. The first-order valence-electron chi connectivity index (χ1n) is 9.29. The highest BCUT2D eigenvalue weighted by Gasteiger charge is 2.16. The van der Waals surface area contributed by atoms with Crippen LogP contribution in [-0.2, 0) is 7.05 Å². The third-order valence-corrected chi connectivity index (χ3v) is 5.64. The van der Waals surface area contributed by atoms with E-state index < -0.39 is 5.91 Å². The minimum atomic E-state index is -0.665. The number of hydrogen-bond donors (Lipinski definition) is 0. The molecule has 4 rings (SSSR count). The van der Waals surface area contributed by atoms with Gasteiger partial charge in [0.1, 0.15) is 0 Å². The Morgan fingerprint density at radius 2 is 1.90 bits per heavy atom. The number of carbonyl (C=O) groups excluding carboxylic acids is 1. The van der Waals surface area contributed by atoms with E-state index in [0.29, 0.717) is 10.5 Å². The number of nitrogens with zero attached hydrogens (tertiary/aromatic N) is 4. The van der Waals surface area contributed by atoms with Crippen LogP contribution in [0.4, 0.5) is 4.48 Å². The minimum Gasteiger partial charge on any atom is -0.267 e. The second kappa shape index (κ2) is 8.51. The zero-order chi connectivity index (χ0) is 21.1. The number of amides is 1. The summed E-state index contributed by atoms with van der Waals surface area (Å²) in [6.45, 7) is 0. The Bertz CT molecular complexity index is 1230. The van der Waals surface area contributed by atoms with Crippen molar-refractivity contribution in [2.75, 3.05) is 7.05 Å². The third-order valence-electron chi connectivity index (χ3n) is 4.58. The molecule has 5 nitrogen and oxygen atoms in total. The van der Waals surface area contributed by atoms with E-state index in [1.807, 2.05) is 72.4 Å². The molecule has 0 bridgehead atoms. The van der Waals surface area contributed by atoms with Crippen LogP contribution in [0.15, 0.2) is 76.7 Å². The van der Waals surface area contributed by atoms with Crippen LogP contribution < -0.4 is 0 Å². The normalized spacial score (nSPS) is 11.3. The molecule has 2 heterocycles. The Labute approximate surface area is 177 Å². The van der Waals surface area contributed by atoms with E-state index in [2.05, 4.69) is 10.1 Å². The van der Waals surface area contributed by atoms with Crippen LogP contribution in [-0.4, -0.2) is 32.8 Å². The number of aryl methyl sites for hydroxylation is 1. The average Bonchev–Trinajstić information content (AvgIpc) is 3.08. The van der Waals surface area contributed by atoms with Gasteiger partial charge in [-0.3, -0.25) is 14.5 Å². The van der Waals surface area contributed by atoms with Crippen LogP contribution >= 0.6 is 11.8 Å². The molecule has 0 atom stereocenters. The first-order chi connectivity index (χ1) is 14.5. The summed E-state index contributed by atoms with van der Waals surface area (Å²) in [6, 6.07) is 18.8. The summed E-state index contributed by atoms with van der Waals surface area (Å²) in [7, 11) is 3.00. The lowest BCUT2D eigenvalue weighted by Crippen LogP contribution is -2.18. The number of halogens is 1. The van der Waals surface area contributed by atoms with Crippen LogP contribution in [0.3, 0.4) is 0 Å². The molecule has 0 N–H and O–H groups in total. The maximum atomic E-state index is 13.4. The van der Waals surface area contributed by atoms with Crippen molar-refractivity contribution in [3.8, 4) is 0 Å². The summed E-state index contributed by atoms with van der Waals surface area (Å²) < 4.78 is 15.2. The highest BCUT2D eigenvalue weighted by Crippen LogP contribution is 2.33. The van der Waals surface area contributed by atoms with Crippen molar-refractivity contribution >= 4 is 40.7 Å². The molecule has 30 heavy (non-hydrogen) atoms. The van der Waals surface area contributed by atoms with E-state index >= 15 is 0 Å². The zero-order valence-electron chi connectivity index (χ0n) is 16.5. The Hall–Kier alpha value is -3.45. The Balaban J connectivity index is 1.65. The smallest absolute Gasteiger partial charge is 0.267 e. The van der Waals surface area contributed by atoms with Crippen LogP contribution in [0.1, 0.15) is 21.7 Å². The van der Waals surface area contributed by atoms with Gasteiger partial charge in [-0.25, -0.2) is 0 Å². The van der Waals surface area contributed by atoms with Gasteiger partial charge in [-0.1, -0.05) is 34.4 Å². The van der Waals surface area contributed by atoms with Crippen LogP contribution in [0.2, 0.25) is 0 Å². The molecule has 2 aromatic heterocycles. The van der Waals surface area contributed by atoms with Crippen molar-refractivity contribution in [3.05, 3.63) is 83.8 Å². The molecule has 0 aliphatic carbocycles. The van der Waals surface area contributed by atoms with Crippen LogP contribution in [0.25, 0.3) is 23.1 Å². The molecule has 0 aliphatic heterocycles. The predicted molar refractivity (Wildman–Crippen MR) is 118 cm³/mol. The molecule has 1 amide bonds. The number of aromatic nitrogens is 3. The molecular weight excluding hydrogens is 399 g/mol. The molecule has 0 radical (unpaired) electrons. The van der Waals surface area contributed by atoms with Gasteiger partial charge in [0.25, 0.3) is 5.91 Å². The van der Waals surface area contributed by atoms with Gasteiger partial charge < -0.3 is 0 Å². The summed E-state index contributed by atoms with van der Waals surface area (Å²) in [4.78, 5) is 18.1. The highest BCUT2D eigenvalue weighted by molar-refractivity contribution is 7.99. The lowest BCUT2D eigenvalue weighted by Gasteiger charge is -2.10. The number of fused-ring (bicyclic) bond motifs is 1. The molecule has 0 fully saturated rings. The minimum absolute atomic E-state index is 0.101. The van der Waals surface area contributed by atoms with Crippen molar-refractivity contribution in [2.24, 2.45) is 7.05 Å². The van der Waals surface area contributed by atoms with Crippen molar-refractivity contribution < 1.29 is 9.28 Å². The molecule has 0 unspecified atom stereocenters. The standard InChI is InChI=1S/C23H19FN4OS/c1-27(24)23(29)19-8-3-4-9-22(19)30-17-11-12-18-20(26-28(2)21(18)15-17)13-10-16-7-5-6-14-25-16/h3-15H,1-2H3/b13-10+. The topological polar surface area (TPSA) is 51.0 Å². The lowest BCUT2D eigenvalue weighted by atomic mass is 10.2. The highest BCUT2D eigenvalue weighted by atomic mass is 32.2. The maximum Gasteiger partial charge on any atom is 0.282 e. The summed E-state index contributed by atoms with van der Waals surface area (Å²) in [5.74, 6) is -0.665. The summed E-state index contributed by atoms with van der Waals surface area (Å²) in [6.07, 6.45) is 5.63. The van der Waals surface area contributed by atoms with Gasteiger partial charge in [-0.05, 0) is 54.6 Å². The largest absolute Gasteiger partial charge is 0.282 e. The Morgan fingerprint density at radius 1 is 1.10 bits per heavy atom. The number of hydrogen-bond acceptors (Lipinski definition) is 4. The van der Waals surface area contributed by atoms with Crippen molar-refractivity contribution in [1.82, 2.24) is 19.9 Å². The van der Waals surface area contributed by atoms with Gasteiger partial charge in [0.2, 0.25) is 0 Å². The van der Waals surface area contributed by atoms with Gasteiger partial charge in [0, 0.05) is 35.5 Å². The number of rotatable bonds is 5. The summed E-state index contributed by atoms with van der Waals surface area (Å²) >= 11 is 1.42. The van der Waals surface area contributed by atoms with Gasteiger partial charge >= 0.3 is 0 Å². The second-order valence-electron chi connectivity index (χ2n) is 6.66. The van der Waals surface area contributed by atoms with Crippen LogP contribution in [0, 0.1) is 0 Å². The van der Waals surface area contributed by atoms with E-state index in [1.165, 1.54) is 11.8 Å². The first-order valence-corrected chi connectivity index (χ1v) is 10.1. The van der Waals surface area contributed by atoms with Crippen LogP contribution in [0.5, 0.6) is 0 Å². The van der Waals surface area contributed by atoms with Gasteiger partial charge in [0.05, 0.1) is 22.5 Å². The fraction of sp³-hybridized carbons (Fsp3) is 0.0870. The van der Waals surface area contributed by atoms with Gasteiger partial charge in [-0.15, -0.1) is 0 Å². The molecular formula is C23H19FN4OS. The monoisotopic (exact) mass is 418 g/mol. The second-order valence-corrected chi connectivity index (χ2v) is 7.77. The predicted octanol–water partition coefficient (Wildman–Crippen LogP) is 5.25. The van der Waals surface area contributed by atoms with E-state index in [0.717, 1.165) is 34.2 Å². The fourth-order valence-corrected chi connectivity index (χ4v) is 4.09. The van der Waals surface area contributed by atoms with Gasteiger partial charge in [-0.2, -0.15) is 10.2 Å². The first kappa shape index (κ1) is 19.8. The average molecular weight is 418 g/mol. The van der Waals surface area contributed by atoms with Gasteiger partial charge in [0.15, 0.2) is 0 Å². The molecule has 0 aliphatic rings. The van der Waals surface area contributed by atoms with E-state index in [9.17, 15) is 9.28 Å². The molecule has 0 saturated heterocycles. The van der Waals surface area contributed by atoms with E-state index in [-0.39, 0.29) is 5.12 Å². The summed E-state index contributed by atoms with van der Waals surface area (Å²) in [5.41, 5.74) is 3.01. The van der Waals surface area contributed by atoms with E-state index in [1.54, 1.807) is 18.3 Å². The Morgan fingerprint density at radius 3 is 2.67 bits per heavy atom. The number of carbonyl (C=O) groups is 1. The molecule has 4 aromatic rings. The molecule has 2 aromatic carbocycles. The van der Waals surface area contributed by atoms with Crippen molar-refractivity contribution in [3.63, 3.8) is 0 Å².